The molecule has 0 bridgehead atoms. The van der Waals surface area contributed by atoms with Crippen molar-refractivity contribution in [3.63, 3.8) is 0 Å². The van der Waals surface area contributed by atoms with Crippen molar-refractivity contribution in [1.29, 1.82) is 0 Å². The summed E-state index contributed by atoms with van der Waals surface area (Å²) in [7, 11) is 0. The van der Waals surface area contributed by atoms with Crippen LogP contribution in [0.25, 0.3) is 11.0 Å². The van der Waals surface area contributed by atoms with E-state index in [0.29, 0.717) is 0 Å². The molecule has 2 rings (SSSR count). The van der Waals surface area contributed by atoms with Gasteiger partial charge in [0, 0.05) is 5.39 Å². The maximum atomic E-state index is 12.4. The summed E-state index contributed by atoms with van der Waals surface area (Å²) < 4.78 is 79.3. The fourth-order valence-electron chi connectivity index (χ4n) is 1.73. The number of carbonyl (C=O) groups is 1. The van der Waals surface area contributed by atoms with Crippen LogP contribution in [0.1, 0.15) is 10.6 Å². The quantitative estimate of drug-likeness (QED) is 0.609. The molecule has 108 valence electrons. The van der Waals surface area contributed by atoms with Gasteiger partial charge in [0.1, 0.15) is 5.58 Å². The molecule has 0 unspecified atom stereocenters. The lowest BCUT2D eigenvalue weighted by molar-refractivity contribution is -0.265. The minimum atomic E-state index is -5.73. The summed E-state index contributed by atoms with van der Waals surface area (Å²) in [5.41, 5.74) is 0.0407. The monoisotopic (exact) mass is 296 g/mol. The number of carbonyl (C=O) groups excluding carboxylic acids is 1. The van der Waals surface area contributed by atoms with Gasteiger partial charge in [-0.1, -0.05) is 18.2 Å². The Bertz CT molecular complexity index is 590. The molecule has 1 aromatic heterocycles. The average Bonchev–Trinajstić information content (AvgIpc) is 2.68. The molecule has 20 heavy (non-hydrogen) atoms. The molecular formula is C12H6F6O2. The van der Waals surface area contributed by atoms with Crippen molar-refractivity contribution >= 4 is 16.8 Å². The zero-order chi connectivity index (χ0) is 15.1. The summed E-state index contributed by atoms with van der Waals surface area (Å²) in [6.45, 7) is 0. The molecule has 0 radical (unpaired) electrons. The predicted molar refractivity (Wildman–Crippen MR) is 56.1 cm³/mol. The Morgan fingerprint density at radius 2 is 1.55 bits per heavy atom. The normalized spacial score (nSPS) is 13.2. The van der Waals surface area contributed by atoms with Crippen LogP contribution in [0.3, 0.4) is 0 Å². The molecule has 0 N–H and O–H groups in total. The number of benzene rings is 1. The second-order valence-electron chi connectivity index (χ2n) is 4.03. The molecule has 0 aliphatic heterocycles. The predicted octanol–water partition coefficient (Wildman–Crippen LogP) is 4.36. The molecular weight excluding hydrogens is 290 g/mol. The van der Waals surface area contributed by atoms with E-state index >= 15 is 0 Å². The standard InChI is InChI=1S/C12H6F6O2/c13-11(14,15)10(12(16,17)18)9(19)8-5-6-3-1-2-4-7(6)20-8/h1-5,10H. The van der Waals surface area contributed by atoms with E-state index in [1.54, 1.807) is 0 Å². The lowest BCUT2D eigenvalue weighted by atomic mass is 10.0. The Balaban J connectivity index is 2.47. The van der Waals surface area contributed by atoms with Gasteiger partial charge in [-0.2, -0.15) is 26.3 Å². The zero-order valence-corrected chi connectivity index (χ0v) is 9.55. The van der Waals surface area contributed by atoms with Crippen molar-refractivity contribution in [3.8, 4) is 0 Å². The highest BCUT2D eigenvalue weighted by Gasteiger charge is 2.61. The van der Waals surface area contributed by atoms with Gasteiger partial charge in [-0.15, -0.1) is 0 Å². The number of furan rings is 1. The van der Waals surface area contributed by atoms with Crippen molar-refractivity contribution < 1.29 is 35.6 Å². The molecule has 0 amide bonds. The van der Waals surface area contributed by atoms with Gasteiger partial charge in [0.2, 0.25) is 11.7 Å². The van der Waals surface area contributed by atoms with Crippen LogP contribution in [0.15, 0.2) is 34.7 Å². The van der Waals surface area contributed by atoms with E-state index in [0.717, 1.165) is 6.07 Å². The molecule has 8 heteroatoms. The van der Waals surface area contributed by atoms with Gasteiger partial charge in [0.15, 0.2) is 5.76 Å². The van der Waals surface area contributed by atoms with Gasteiger partial charge in [0.25, 0.3) is 0 Å². The van der Waals surface area contributed by atoms with Gasteiger partial charge < -0.3 is 4.42 Å². The third kappa shape index (κ3) is 2.63. The highest BCUT2D eigenvalue weighted by molar-refractivity contribution is 5.99. The van der Waals surface area contributed by atoms with Gasteiger partial charge >= 0.3 is 12.4 Å². The molecule has 0 saturated carbocycles. The molecule has 1 heterocycles. The summed E-state index contributed by atoms with van der Waals surface area (Å²) >= 11 is 0. The van der Waals surface area contributed by atoms with E-state index in [1.165, 1.54) is 24.3 Å². The molecule has 1 aromatic carbocycles. The van der Waals surface area contributed by atoms with Crippen molar-refractivity contribution in [2.75, 3.05) is 0 Å². The van der Waals surface area contributed by atoms with Crippen LogP contribution < -0.4 is 0 Å². The molecule has 0 fully saturated rings. The highest BCUT2D eigenvalue weighted by Crippen LogP contribution is 2.41. The van der Waals surface area contributed by atoms with Gasteiger partial charge in [-0.05, 0) is 12.1 Å². The number of hydrogen-bond acceptors (Lipinski definition) is 2. The number of fused-ring (bicyclic) bond motifs is 1. The van der Waals surface area contributed by atoms with E-state index in [4.69, 9.17) is 4.42 Å². The first kappa shape index (κ1) is 14.4. The maximum Gasteiger partial charge on any atom is 0.407 e. The smallest absolute Gasteiger partial charge is 0.407 e. The highest BCUT2D eigenvalue weighted by atomic mass is 19.4. The van der Waals surface area contributed by atoms with Crippen LogP contribution in [0, 0.1) is 5.92 Å². The SMILES string of the molecule is O=C(c1cc2ccccc2o1)C(C(F)(F)F)C(F)(F)F. The Labute approximate surface area is 108 Å². The van der Waals surface area contributed by atoms with E-state index in [2.05, 4.69) is 0 Å². The van der Waals surface area contributed by atoms with E-state index in [1.807, 2.05) is 0 Å². The Kier molecular flexibility index (Phi) is 3.27. The maximum absolute atomic E-state index is 12.4. The van der Waals surface area contributed by atoms with Crippen molar-refractivity contribution in [2.45, 2.75) is 12.4 Å². The fraction of sp³-hybridized carbons (Fsp3) is 0.250. The lowest BCUT2D eigenvalue weighted by Gasteiger charge is -2.20. The number of ketones is 1. The molecule has 0 aliphatic carbocycles. The topological polar surface area (TPSA) is 30.2 Å². The van der Waals surface area contributed by atoms with Crippen molar-refractivity contribution in [2.24, 2.45) is 5.92 Å². The first-order valence-electron chi connectivity index (χ1n) is 5.27. The second-order valence-corrected chi connectivity index (χ2v) is 4.03. The van der Waals surface area contributed by atoms with Crippen molar-refractivity contribution in [1.82, 2.24) is 0 Å². The van der Waals surface area contributed by atoms with Crippen LogP contribution in [0.5, 0.6) is 0 Å². The molecule has 0 spiro atoms. The number of Topliss-reactive ketones (excluding diaryl/α,β-unsaturated/α-hetero) is 1. The summed E-state index contributed by atoms with van der Waals surface area (Å²) in [5.74, 6) is -7.21. The molecule has 2 nitrogen and oxygen atoms in total. The summed E-state index contributed by atoms with van der Waals surface area (Å²) in [6.07, 6.45) is -11.5. The zero-order valence-electron chi connectivity index (χ0n) is 9.55. The van der Waals surface area contributed by atoms with Crippen LogP contribution in [0.2, 0.25) is 0 Å². The minimum absolute atomic E-state index is 0.0407. The molecule has 0 aliphatic rings. The summed E-state index contributed by atoms with van der Waals surface area (Å²) in [5, 5.41) is 0.249. The number of halogens is 6. The summed E-state index contributed by atoms with van der Waals surface area (Å²) in [6, 6.07) is 6.60. The molecule has 2 aromatic rings. The number of alkyl halides is 6. The lowest BCUT2D eigenvalue weighted by Crippen LogP contribution is -2.42. The van der Waals surface area contributed by atoms with Gasteiger partial charge in [-0.25, -0.2) is 0 Å². The van der Waals surface area contributed by atoms with Gasteiger partial charge in [0.05, 0.1) is 0 Å². The number of hydrogen-bond donors (Lipinski definition) is 0. The van der Waals surface area contributed by atoms with Crippen LogP contribution in [-0.2, 0) is 0 Å². The van der Waals surface area contributed by atoms with E-state index < -0.39 is 29.8 Å². The number of para-hydroxylation sites is 1. The van der Waals surface area contributed by atoms with E-state index in [9.17, 15) is 31.1 Å². The van der Waals surface area contributed by atoms with E-state index in [-0.39, 0.29) is 11.0 Å². The van der Waals surface area contributed by atoms with Crippen molar-refractivity contribution in [3.05, 3.63) is 36.1 Å². The first-order chi connectivity index (χ1) is 9.10. The largest absolute Gasteiger partial charge is 0.453 e. The molecule has 0 atom stereocenters. The fourth-order valence-corrected chi connectivity index (χ4v) is 1.73. The Morgan fingerprint density at radius 3 is 2.05 bits per heavy atom. The van der Waals surface area contributed by atoms with Gasteiger partial charge in [-0.3, -0.25) is 4.79 Å². The minimum Gasteiger partial charge on any atom is -0.453 e. The Morgan fingerprint density at radius 1 is 1.00 bits per heavy atom. The van der Waals surface area contributed by atoms with Crippen LogP contribution >= 0.6 is 0 Å². The van der Waals surface area contributed by atoms with Crippen LogP contribution in [-0.4, -0.2) is 18.1 Å². The average molecular weight is 296 g/mol. The third-order valence-corrected chi connectivity index (χ3v) is 2.59. The summed E-state index contributed by atoms with van der Waals surface area (Å²) in [4.78, 5) is 11.5. The Hall–Kier alpha value is -1.99. The van der Waals surface area contributed by atoms with Crippen LogP contribution in [0.4, 0.5) is 26.3 Å². The number of rotatable bonds is 2. The first-order valence-corrected chi connectivity index (χ1v) is 5.27. The second kappa shape index (κ2) is 4.53. The third-order valence-electron chi connectivity index (χ3n) is 2.59. The molecule has 0 saturated heterocycles.